The van der Waals surface area contributed by atoms with Gasteiger partial charge in [0.15, 0.2) is 5.69 Å². The van der Waals surface area contributed by atoms with E-state index in [9.17, 15) is 20.2 Å². The van der Waals surface area contributed by atoms with Crippen molar-refractivity contribution in [2.45, 2.75) is 0 Å². The number of rotatable bonds is 4. The molecule has 1 aliphatic rings. The highest BCUT2D eigenvalue weighted by atomic mass is 16.6. The van der Waals surface area contributed by atoms with Crippen molar-refractivity contribution < 1.29 is 19.3 Å². The number of nitro benzene ring substituents is 2. The van der Waals surface area contributed by atoms with Crippen LogP contribution in [0.4, 0.5) is 17.1 Å². The van der Waals surface area contributed by atoms with Gasteiger partial charge in [-0.05, 0) is 0 Å². The fourth-order valence-electron chi connectivity index (χ4n) is 2.09. The first-order valence-corrected chi connectivity index (χ1v) is 5.88. The molecular formula is C11H13N3O6. The lowest BCUT2D eigenvalue weighted by molar-refractivity contribution is -0.392. The highest BCUT2D eigenvalue weighted by Crippen LogP contribution is 2.41. The van der Waals surface area contributed by atoms with Crippen molar-refractivity contribution in [2.75, 3.05) is 38.3 Å². The third-order valence-electron chi connectivity index (χ3n) is 3.00. The van der Waals surface area contributed by atoms with Gasteiger partial charge in [-0.3, -0.25) is 20.2 Å². The molecule has 1 aliphatic heterocycles. The van der Waals surface area contributed by atoms with Gasteiger partial charge in [-0.15, -0.1) is 0 Å². The van der Waals surface area contributed by atoms with Gasteiger partial charge in [0, 0.05) is 13.1 Å². The minimum Gasteiger partial charge on any atom is -0.496 e. The van der Waals surface area contributed by atoms with Crippen LogP contribution in [0, 0.1) is 20.2 Å². The maximum Gasteiger partial charge on any atom is 0.303 e. The van der Waals surface area contributed by atoms with E-state index in [1.807, 2.05) is 0 Å². The Balaban J connectivity index is 2.60. The number of benzene rings is 1. The van der Waals surface area contributed by atoms with Gasteiger partial charge in [-0.2, -0.15) is 0 Å². The molecule has 0 amide bonds. The maximum absolute atomic E-state index is 11.2. The fraction of sp³-hybridized carbons (Fsp3) is 0.455. The predicted octanol–water partition coefficient (Wildman–Crippen LogP) is 1.35. The van der Waals surface area contributed by atoms with E-state index in [1.165, 1.54) is 19.2 Å². The molecule has 20 heavy (non-hydrogen) atoms. The molecule has 0 unspecified atom stereocenters. The third-order valence-corrected chi connectivity index (χ3v) is 3.00. The zero-order chi connectivity index (χ0) is 14.7. The summed E-state index contributed by atoms with van der Waals surface area (Å²) >= 11 is 0. The average molecular weight is 283 g/mol. The first-order chi connectivity index (χ1) is 9.54. The number of nitro groups is 2. The molecule has 1 saturated heterocycles. The summed E-state index contributed by atoms with van der Waals surface area (Å²) in [6, 6.07) is 2.38. The lowest BCUT2D eigenvalue weighted by Crippen LogP contribution is -2.37. The van der Waals surface area contributed by atoms with Crippen LogP contribution in [0.5, 0.6) is 5.75 Å². The lowest BCUT2D eigenvalue weighted by atomic mass is 10.2. The van der Waals surface area contributed by atoms with Gasteiger partial charge in [-0.25, -0.2) is 0 Å². The third kappa shape index (κ3) is 2.62. The van der Waals surface area contributed by atoms with Crippen molar-refractivity contribution in [2.24, 2.45) is 0 Å². The second-order valence-corrected chi connectivity index (χ2v) is 4.13. The van der Waals surface area contributed by atoms with Crippen LogP contribution in [0.15, 0.2) is 12.1 Å². The Hall–Kier alpha value is -2.42. The quantitative estimate of drug-likeness (QED) is 0.606. The molecular weight excluding hydrogens is 270 g/mol. The molecule has 0 aliphatic carbocycles. The fourth-order valence-corrected chi connectivity index (χ4v) is 2.09. The molecule has 0 saturated carbocycles. The van der Waals surface area contributed by atoms with Gasteiger partial charge < -0.3 is 14.4 Å². The van der Waals surface area contributed by atoms with Crippen molar-refractivity contribution in [3.8, 4) is 5.75 Å². The zero-order valence-corrected chi connectivity index (χ0v) is 10.8. The van der Waals surface area contributed by atoms with E-state index in [-0.39, 0.29) is 22.8 Å². The maximum atomic E-state index is 11.2. The highest BCUT2D eigenvalue weighted by Gasteiger charge is 2.32. The average Bonchev–Trinajstić information content (AvgIpc) is 2.46. The van der Waals surface area contributed by atoms with E-state index in [2.05, 4.69) is 0 Å². The first kappa shape index (κ1) is 14.0. The largest absolute Gasteiger partial charge is 0.496 e. The van der Waals surface area contributed by atoms with Gasteiger partial charge in [0.05, 0.1) is 42.3 Å². The van der Waals surface area contributed by atoms with Crippen molar-refractivity contribution in [3.63, 3.8) is 0 Å². The number of methoxy groups -OCH3 is 1. The monoisotopic (exact) mass is 283 g/mol. The van der Waals surface area contributed by atoms with Crippen LogP contribution < -0.4 is 9.64 Å². The van der Waals surface area contributed by atoms with Gasteiger partial charge in [0.2, 0.25) is 0 Å². The number of anilines is 1. The van der Waals surface area contributed by atoms with E-state index in [0.717, 1.165) is 0 Å². The summed E-state index contributed by atoms with van der Waals surface area (Å²) < 4.78 is 10.0. The molecule has 0 spiro atoms. The Morgan fingerprint density at radius 3 is 2.05 bits per heavy atom. The van der Waals surface area contributed by atoms with Gasteiger partial charge in [-0.1, -0.05) is 0 Å². The van der Waals surface area contributed by atoms with Crippen LogP contribution in [0.3, 0.4) is 0 Å². The van der Waals surface area contributed by atoms with Crippen molar-refractivity contribution >= 4 is 17.1 Å². The van der Waals surface area contributed by atoms with Gasteiger partial charge >= 0.3 is 11.4 Å². The Labute approximate surface area is 114 Å². The van der Waals surface area contributed by atoms with Crippen LogP contribution in [-0.2, 0) is 4.74 Å². The van der Waals surface area contributed by atoms with Gasteiger partial charge in [0.25, 0.3) is 0 Å². The second kappa shape index (κ2) is 5.70. The normalized spacial score (nSPS) is 14.9. The smallest absolute Gasteiger partial charge is 0.303 e. The Bertz CT molecular complexity index is 506. The SMILES string of the molecule is COc1cc([N+](=O)[O-])c(N2CCOCC2)c([N+](=O)[O-])c1. The van der Waals surface area contributed by atoms with Crippen LogP contribution in [0.1, 0.15) is 0 Å². The van der Waals surface area contributed by atoms with E-state index < -0.39 is 9.85 Å². The summed E-state index contributed by atoms with van der Waals surface area (Å²) in [5, 5.41) is 22.4. The van der Waals surface area contributed by atoms with Crippen LogP contribution >= 0.6 is 0 Å². The highest BCUT2D eigenvalue weighted by molar-refractivity contribution is 5.77. The standard InChI is InChI=1S/C11H13N3O6/c1-19-8-6-9(13(15)16)11(10(7-8)14(17)18)12-2-4-20-5-3-12/h6-7H,2-5H2,1H3. The summed E-state index contributed by atoms with van der Waals surface area (Å²) in [7, 11) is 1.30. The molecule has 1 aromatic rings. The molecule has 108 valence electrons. The summed E-state index contributed by atoms with van der Waals surface area (Å²) in [6.07, 6.45) is 0. The topological polar surface area (TPSA) is 108 Å². The molecule has 1 fully saturated rings. The molecule has 0 atom stereocenters. The minimum atomic E-state index is -0.639. The van der Waals surface area contributed by atoms with Crippen LogP contribution in [0.2, 0.25) is 0 Å². The molecule has 0 aromatic heterocycles. The Kier molecular flexibility index (Phi) is 3.99. The lowest BCUT2D eigenvalue weighted by Gasteiger charge is -2.28. The predicted molar refractivity (Wildman–Crippen MR) is 69.3 cm³/mol. The van der Waals surface area contributed by atoms with Crippen molar-refractivity contribution in [1.82, 2.24) is 0 Å². The van der Waals surface area contributed by atoms with E-state index >= 15 is 0 Å². The molecule has 1 heterocycles. The van der Waals surface area contributed by atoms with Crippen molar-refractivity contribution in [3.05, 3.63) is 32.4 Å². The zero-order valence-electron chi connectivity index (χ0n) is 10.8. The van der Waals surface area contributed by atoms with E-state index in [4.69, 9.17) is 9.47 Å². The number of hydrogen-bond donors (Lipinski definition) is 0. The van der Waals surface area contributed by atoms with Crippen molar-refractivity contribution in [1.29, 1.82) is 0 Å². The summed E-state index contributed by atoms with van der Waals surface area (Å²) in [5.41, 5.74) is -0.667. The number of morpholine rings is 1. The molecule has 2 rings (SSSR count). The van der Waals surface area contributed by atoms with E-state index in [1.54, 1.807) is 4.90 Å². The van der Waals surface area contributed by atoms with Crippen LogP contribution in [0.25, 0.3) is 0 Å². The number of ether oxygens (including phenoxy) is 2. The molecule has 9 nitrogen and oxygen atoms in total. The summed E-state index contributed by atoms with van der Waals surface area (Å²) in [6.45, 7) is 1.49. The second-order valence-electron chi connectivity index (χ2n) is 4.13. The molecule has 1 aromatic carbocycles. The van der Waals surface area contributed by atoms with E-state index in [0.29, 0.717) is 26.3 Å². The minimum absolute atomic E-state index is 0.00380. The molecule has 0 radical (unpaired) electrons. The molecule has 9 heteroatoms. The molecule has 0 bridgehead atoms. The number of hydrogen-bond acceptors (Lipinski definition) is 7. The Morgan fingerprint density at radius 1 is 1.15 bits per heavy atom. The summed E-state index contributed by atoms with van der Waals surface area (Å²) in [4.78, 5) is 22.7. The van der Waals surface area contributed by atoms with Gasteiger partial charge in [0.1, 0.15) is 5.75 Å². The van der Waals surface area contributed by atoms with Crippen LogP contribution in [-0.4, -0.2) is 43.3 Å². The summed E-state index contributed by atoms with van der Waals surface area (Å²) in [5.74, 6) is 0.0837. The molecule has 0 N–H and O–H groups in total. The first-order valence-electron chi connectivity index (χ1n) is 5.88. The Morgan fingerprint density at radius 2 is 1.65 bits per heavy atom. The number of nitrogens with zero attached hydrogens (tertiary/aromatic N) is 3.